The van der Waals surface area contributed by atoms with Crippen LogP contribution in [-0.2, 0) is 6.54 Å². The molecule has 0 spiro atoms. The van der Waals surface area contributed by atoms with Gasteiger partial charge in [0.15, 0.2) is 5.16 Å². The first kappa shape index (κ1) is 23.7. The van der Waals surface area contributed by atoms with Gasteiger partial charge in [0.25, 0.3) is 5.56 Å². The number of aromatic nitrogens is 3. The average molecular weight is 536 g/mol. The van der Waals surface area contributed by atoms with E-state index in [1.54, 1.807) is 0 Å². The lowest BCUT2D eigenvalue weighted by Gasteiger charge is -2.41. The molecule has 3 aromatic rings. The van der Waals surface area contributed by atoms with E-state index in [1.165, 1.54) is 11.8 Å². The van der Waals surface area contributed by atoms with Crippen molar-refractivity contribution in [2.45, 2.75) is 50.9 Å². The van der Waals surface area contributed by atoms with Crippen LogP contribution >= 0.6 is 39.3 Å². The molecular weight excluding hydrogens is 508 g/mol. The Kier molecular flexibility index (Phi) is 7.01. The second-order valence-corrected chi connectivity index (χ2v) is 11.4. The van der Waals surface area contributed by atoms with Crippen molar-refractivity contribution in [2.75, 3.05) is 19.3 Å². The molecule has 32 heavy (non-hydrogen) atoms. The van der Waals surface area contributed by atoms with E-state index < -0.39 is 0 Å². The second kappa shape index (κ2) is 9.45. The molecule has 1 saturated heterocycles. The van der Waals surface area contributed by atoms with E-state index in [1.807, 2.05) is 41.3 Å². The van der Waals surface area contributed by atoms with Gasteiger partial charge >= 0.3 is 0 Å². The third kappa shape index (κ3) is 4.91. The van der Waals surface area contributed by atoms with Gasteiger partial charge in [-0.15, -0.1) is 0 Å². The maximum absolute atomic E-state index is 13.7. The Morgan fingerprint density at radius 3 is 2.53 bits per heavy atom. The molecule has 5 nitrogen and oxygen atoms in total. The van der Waals surface area contributed by atoms with Gasteiger partial charge in [0.2, 0.25) is 0 Å². The molecule has 1 fully saturated rings. The maximum atomic E-state index is 13.7. The summed E-state index contributed by atoms with van der Waals surface area (Å²) in [5.41, 5.74) is 2.14. The number of piperidine rings is 1. The predicted molar refractivity (Wildman–Crippen MR) is 138 cm³/mol. The van der Waals surface area contributed by atoms with Gasteiger partial charge in [-0.25, -0.2) is 9.97 Å². The predicted octanol–water partition coefficient (Wildman–Crippen LogP) is 6.11. The van der Waals surface area contributed by atoms with Crippen LogP contribution in [0.2, 0.25) is 5.02 Å². The largest absolute Gasteiger partial charge is 0.298 e. The zero-order chi connectivity index (χ0) is 23.0. The van der Waals surface area contributed by atoms with Crippen LogP contribution in [0.15, 0.2) is 44.9 Å². The summed E-state index contributed by atoms with van der Waals surface area (Å²) in [6.45, 7) is 9.53. The van der Waals surface area contributed by atoms with Crippen molar-refractivity contribution in [3.8, 4) is 11.1 Å². The number of halogens is 2. The number of hydrogen-bond donors (Lipinski definition) is 0. The summed E-state index contributed by atoms with van der Waals surface area (Å²) in [7, 11) is 0. The minimum Gasteiger partial charge on any atom is -0.298 e. The minimum absolute atomic E-state index is 0.0503. The van der Waals surface area contributed by atoms with Crippen LogP contribution in [0.25, 0.3) is 22.2 Å². The van der Waals surface area contributed by atoms with Crippen LogP contribution in [0.5, 0.6) is 0 Å². The Morgan fingerprint density at radius 1 is 1.19 bits per heavy atom. The molecule has 3 heterocycles. The summed E-state index contributed by atoms with van der Waals surface area (Å²) in [6, 6.07) is 7.49. The fraction of sp³-hybridized carbons (Fsp3) is 0.458. The summed E-state index contributed by atoms with van der Waals surface area (Å²) in [6.07, 6.45) is 5.88. The van der Waals surface area contributed by atoms with E-state index in [-0.39, 0.29) is 11.1 Å². The van der Waals surface area contributed by atoms with E-state index in [0.29, 0.717) is 33.9 Å². The topological polar surface area (TPSA) is 51.0 Å². The van der Waals surface area contributed by atoms with Crippen molar-refractivity contribution in [1.82, 2.24) is 19.4 Å². The molecule has 1 aliphatic heterocycles. The normalized spacial score (nSPS) is 16.1. The van der Waals surface area contributed by atoms with Gasteiger partial charge in [-0.1, -0.05) is 45.4 Å². The summed E-state index contributed by atoms with van der Waals surface area (Å²) < 4.78 is 2.73. The number of thioether (sulfide) groups is 1. The zero-order valence-corrected chi connectivity index (χ0v) is 22.0. The zero-order valence-electron chi connectivity index (χ0n) is 18.9. The molecule has 0 radical (unpaired) electrons. The van der Waals surface area contributed by atoms with Crippen LogP contribution < -0.4 is 5.56 Å². The molecule has 0 saturated carbocycles. The second-order valence-electron chi connectivity index (χ2n) is 9.33. The Labute approximate surface area is 206 Å². The fourth-order valence-corrected chi connectivity index (χ4v) is 5.47. The number of likely N-dealkylation sites (tertiary alicyclic amines) is 1. The van der Waals surface area contributed by atoms with Crippen molar-refractivity contribution in [3.05, 3.63) is 50.3 Å². The van der Waals surface area contributed by atoms with Crippen LogP contribution in [0.1, 0.15) is 33.6 Å². The van der Waals surface area contributed by atoms with E-state index >= 15 is 0 Å². The van der Waals surface area contributed by atoms with Gasteiger partial charge in [0.1, 0.15) is 5.65 Å². The Balaban J connectivity index is 1.77. The number of fused-ring (bicyclic) bond motifs is 1. The molecule has 2 aromatic heterocycles. The molecule has 4 rings (SSSR count). The molecule has 0 aliphatic carbocycles. The number of nitrogens with zero attached hydrogens (tertiary/aromatic N) is 4. The Bertz CT molecular complexity index is 1200. The van der Waals surface area contributed by atoms with Crippen molar-refractivity contribution < 1.29 is 0 Å². The lowest BCUT2D eigenvalue weighted by Crippen LogP contribution is -2.46. The lowest BCUT2D eigenvalue weighted by molar-refractivity contribution is 0.0831. The van der Waals surface area contributed by atoms with E-state index in [4.69, 9.17) is 16.6 Å². The molecule has 0 unspecified atom stereocenters. The van der Waals surface area contributed by atoms with Gasteiger partial charge in [-0.2, -0.15) is 0 Å². The number of hydrogen-bond acceptors (Lipinski definition) is 5. The summed E-state index contributed by atoms with van der Waals surface area (Å²) in [4.78, 5) is 25.4. The van der Waals surface area contributed by atoms with Crippen LogP contribution in [0, 0.1) is 5.92 Å². The first-order valence-corrected chi connectivity index (χ1v) is 13.2. The lowest BCUT2D eigenvalue weighted by atomic mass is 9.92. The molecule has 0 atom stereocenters. The highest BCUT2D eigenvalue weighted by Crippen LogP contribution is 2.31. The van der Waals surface area contributed by atoms with Gasteiger partial charge in [-0.3, -0.25) is 14.3 Å². The van der Waals surface area contributed by atoms with Crippen LogP contribution in [-0.4, -0.2) is 44.3 Å². The minimum atomic E-state index is -0.0503. The van der Waals surface area contributed by atoms with Crippen molar-refractivity contribution in [1.29, 1.82) is 0 Å². The highest BCUT2D eigenvalue weighted by atomic mass is 79.9. The number of pyridine rings is 1. The smallest absolute Gasteiger partial charge is 0.260 e. The number of benzene rings is 1. The van der Waals surface area contributed by atoms with Gasteiger partial charge in [-0.05, 0) is 77.1 Å². The molecular formula is C24H28BrClN4OS. The van der Waals surface area contributed by atoms with Crippen LogP contribution in [0.3, 0.4) is 0 Å². The van der Waals surface area contributed by atoms with Crippen molar-refractivity contribution in [3.63, 3.8) is 0 Å². The molecule has 1 aromatic carbocycles. The van der Waals surface area contributed by atoms with E-state index in [9.17, 15) is 4.79 Å². The Hall–Kier alpha value is -1.41. The molecule has 0 N–H and O–H groups in total. The first-order valence-electron chi connectivity index (χ1n) is 10.8. The number of rotatable bonds is 4. The standard InChI is InChI=1S/C24H28BrClN4OS/c1-24(2,3)29-9-7-15(8-10-29)14-30-21-16(13-27-23(28-21)32-4)11-19(22(30)31)18-6-5-17(25)12-20(18)26/h5-6,11-13,15H,7-10,14H2,1-4H3. The van der Waals surface area contributed by atoms with Gasteiger partial charge in [0.05, 0.1) is 0 Å². The molecule has 0 bridgehead atoms. The maximum Gasteiger partial charge on any atom is 0.260 e. The summed E-state index contributed by atoms with van der Waals surface area (Å²) in [5, 5.41) is 2.06. The summed E-state index contributed by atoms with van der Waals surface area (Å²) >= 11 is 11.4. The highest BCUT2D eigenvalue weighted by molar-refractivity contribution is 9.10. The van der Waals surface area contributed by atoms with Crippen molar-refractivity contribution in [2.24, 2.45) is 5.92 Å². The fourth-order valence-electron chi connectivity index (χ4n) is 4.36. The molecule has 1 aliphatic rings. The third-order valence-electron chi connectivity index (χ3n) is 6.21. The monoisotopic (exact) mass is 534 g/mol. The molecule has 0 amide bonds. The van der Waals surface area contributed by atoms with Gasteiger partial charge in [0, 0.05) is 44.3 Å². The quantitative estimate of drug-likeness (QED) is 0.298. The van der Waals surface area contributed by atoms with Crippen LogP contribution in [0.4, 0.5) is 0 Å². The summed E-state index contributed by atoms with van der Waals surface area (Å²) in [5.74, 6) is 0.429. The van der Waals surface area contributed by atoms with E-state index in [2.05, 4.69) is 46.6 Å². The average Bonchev–Trinajstić information content (AvgIpc) is 2.75. The Morgan fingerprint density at radius 2 is 1.91 bits per heavy atom. The SMILES string of the molecule is CSc1ncc2cc(-c3ccc(Br)cc3Cl)c(=O)n(CC3CCN(C(C)(C)C)CC3)c2n1. The van der Waals surface area contributed by atoms with Gasteiger partial charge < -0.3 is 0 Å². The first-order chi connectivity index (χ1) is 15.2. The third-order valence-corrected chi connectivity index (χ3v) is 7.58. The van der Waals surface area contributed by atoms with Crippen molar-refractivity contribution >= 4 is 50.3 Å². The molecule has 8 heteroatoms. The molecule has 170 valence electrons. The van der Waals surface area contributed by atoms with E-state index in [0.717, 1.165) is 41.4 Å². The highest BCUT2D eigenvalue weighted by Gasteiger charge is 2.28.